The molecule has 0 saturated heterocycles. The average Bonchev–Trinajstić information content (AvgIpc) is 2.88. The first-order chi connectivity index (χ1) is 9.69. The van der Waals surface area contributed by atoms with Crippen LogP contribution < -0.4 is 10.1 Å². The monoisotopic (exact) mass is 357 g/mol. The standard InChI is InChI=1S/C15H17BrFNOS/c1-2-7-18-9-12-4-5-13(20-12)10-19-11-3-6-15(17)14(16)8-11/h3-6,8,18H,2,7,9-10H2,1H3. The van der Waals surface area contributed by atoms with Crippen molar-refractivity contribution in [3.8, 4) is 5.75 Å². The van der Waals surface area contributed by atoms with Crippen molar-refractivity contribution in [2.75, 3.05) is 6.54 Å². The Morgan fingerprint density at radius 2 is 2.05 bits per heavy atom. The summed E-state index contributed by atoms with van der Waals surface area (Å²) >= 11 is 4.89. The molecule has 0 spiro atoms. The molecule has 5 heteroatoms. The second kappa shape index (κ2) is 7.76. The summed E-state index contributed by atoms with van der Waals surface area (Å²) < 4.78 is 19.2. The molecule has 0 aliphatic rings. The summed E-state index contributed by atoms with van der Waals surface area (Å²) in [6, 6.07) is 8.87. The predicted octanol–water partition coefficient (Wildman–Crippen LogP) is 4.73. The van der Waals surface area contributed by atoms with E-state index in [0.29, 0.717) is 16.8 Å². The Morgan fingerprint density at radius 1 is 1.25 bits per heavy atom. The second-order valence-corrected chi connectivity index (χ2v) is 6.52. The molecule has 2 rings (SSSR count). The summed E-state index contributed by atoms with van der Waals surface area (Å²) in [6.07, 6.45) is 1.14. The van der Waals surface area contributed by atoms with Gasteiger partial charge in [0.1, 0.15) is 18.2 Å². The van der Waals surface area contributed by atoms with Gasteiger partial charge in [0, 0.05) is 16.3 Å². The molecule has 1 N–H and O–H groups in total. The molecule has 0 bridgehead atoms. The molecule has 108 valence electrons. The van der Waals surface area contributed by atoms with Crippen molar-refractivity contribution in [2.45, 2.75) is 26.5 Å². The molecule has 20 heavy (non-hydrogen) atoms. The van der Waals surface area contributed by atoms with Gasteiger partial charge < -0.3 is 10.1 Å². The van der Waals surface area contributed by atoms with Crippen LogP contribution in [0.5, 0.6) is 5.75 Å². The van der Waals surface area contributed by atoms with Crippen LogP contribution in [-0.2, 0) is 13.2 Å². The second-order valence-electron chi connectivity index (χ2n) is 4.41. The topological polar surface area (TPSA) is 21.3 Å². The van der Waals surface area contributed by atoms with Gasteiger partial charge in [-0.05, 0) is 59.2 Å². The Balaban J connectivity index is 1.85. The molecule has 0 fully saturated rings. The van der Waals surface area contributed by atoms with Crippen LogP contribution in [0.15, 0.2) is 34.8 Å². The quantitative estimate of drug-likeness (QED) is 0.723. The Bertz CT molecular complexity index is 559. The Morgan fingerprint density at radius 3 is 2.80 bits per heavy atom. The minimum atomic E-state index is -0.280. The predicted molar refractivity (Wildman–Crippen MR) is 84.7 cm³/mol. The van der Waals surface area contributed by atoms with Crippen LogP contribution in [-0.4, -0.2) is 6.54 Å². The van der Waals surface area contributed by atoms with Crippen LogP contribution in [0.4, 0.5) is 4.39 Å². The van der Waals surface area contributed by atoms with Gasteiger partial charge in [-0.1, -0.05) is 6.92 Å². The van der Waals surface area contributed by atoms with E-state index in [4.69, 9.17) is 4.74 Å². The van der Waals surface area contributed by atoms with Crippen LogP contribution in [0.25, 0.3) is 0 Å². The van der Waals surface area contributed by atoms with Crippen LogP contribution in [0.3, 0.4) is 0 Å². The fourth-order valence-electron chi connectivity index (χ4n) is 1.70. The maximum Gasteiger partial charge on any atom is 0.137 e. The maximum absolute atomic E-state index is 13.1. The average molecular weight is 358 g/mol. The van der Waals surface area contributed by atoms with Gasteiger partial charge in [-0.2, -0.15) is 0 Å². The maximum atomic E-state index is 13.1. The van der Waals surface area contributed by atoms with E-state index in [2.05, 4.69) is 40.3 Å². The summed E-state index contributed by atoms with van der Waals surface area (Å²) in [5.74, 6) is 0.384. The first-order valence-electron chi connectivity index (χ1n) is 6.55. The highest BCUT2D eigenvalue weighted by molar-refractivity contribution is 9.10. The van der Waals surface area contributed by atoms with Gasteiger partial charge in [-0.3, -0.25) is 0 Å². The molecule has 0 amide bonds. The van der Waals surface area contributed by atoms with Gasteiger partial charge in [0.25, 0.3) is 0 Å². The number of hydrogen-bond donors (Lipinski definition) is 1. The van der Waals surface area contributed by atoms with Crippen molar-refractivity contribution < 1.29 is 9.13 Å². The van der Waals surface area contributed by atoms with Crippen molar-refractivity contribution in [2.24, 2.45) is 0 Å². The number of hydrogen-bond acceptors (Lipinski definition) is 3. The highest BCUT2D eigenvalue weighted by Gasteiger charge is 2.04. The molecule has 0 saturated carbocycles. The molecule has 0 aliphatic carbocycles. The van der Waals surface area contributed by atoms with E-state index in [1.807, 2.05) is 0 Å². The normalized spacial score (nSPS) is 10.8. The number of halogens is 2. The van der Waals surface area contributed by atoms with E-state index in [-0.39, 0.29) is 5.82 Å². The third kappa shape index (κ3) is 4.58. The van der Waals surface area contributed by atoms with E-state index in [9.17, 15) is 4.39 Å². The Labute approximate surface area is 131 Å². The van der Waals surface area contributed by atoms with Crippen LogP contribution in [0.1, 0.15) is 23.1 Å². The zero-order valence-corrected chi connectivity index (χ0v) is 13.7. The lowest BCUT2D eigenvalue weighted by atomic mass is 10.3. The third-order valence-corrected chi connectivity index (χ3v) is 4.38. The van der Waals surface area contributed by atoms with Gasteiger partial charge in [-0.25, -0.2) is 4.39 Å². The fraction of sp³-hybridized carbons (Fsp3) is 0.333. The molecule has 1 aromatic heterocycles. The number of thiophene rings is 1. The van der Waals surface area contributed by atoms with E-state index >= 15 is 0 Å². The molecule has 1 aromatic carbocycles. The lowest BCUT2D eigenvalue weighted by molar-refractivity contribution is 0.309. The van der Waals surface area contributed by atoms with Gasteiger partial charge in [-0.15, -0.1) is 11.3 Å². The van der Waals surface area contributed by atoms with Gasteiger partial charge in [0.05, 0.1) is 4.47 Å². The van der Waals surface area contributed by atoms with E-state index < -0.39 is 0 Å². The summed E-state index contributed by atoms with van der Waals surface area (Å²) in [4.78, 5) is 2.47. The van der Waals surface area contributed by atoms with Gasteiger partial charge in [0.2, 0.25) is 0 Å². The number of nitrogens with one attached hydrogen (secondary N) is 1. The van der Waals surface area contributed by atoms with Crippen LogP contribution in [0, 0.1) is 5.82 Å². The molecule has 0 aliphatic heterocycles. The zero-order valence-electron chi connectivity index (χ0n) is 11.3. The Hall–Kier alpha value is -0.910. The summed E-state index contributed by atoms with van der Waals surface area (Å²) in [5.41, 5.74) is 0. The minimum Gasteiger partial charge on any atom is -0.488 e. The molecule has 0 unspecified atom stereocenters. The minimum absolute atomic E-state index is 0.280. The molecule has 0 atom stereocenters. The van der Waals surface area contributed by atoms with E-state index in [1.165, 1.54) is 15.8 Å². The number of rotatable bonds is 7. The van der Waals surface area contributed by atoms with Crippen molar-refractivity contribution in [1.82, 2.24) is 5.32 Å². The van der Waals surface area contributed by atoms with Crippen molar-refractivity contribution in [3.05, 3.63) is 50.4 Å². The van der Waals surface area contributed by atoms with Crippen LogP contribution in [0.2, 0.25) is 0 Å². The van der Waals surface area contributed by atoms with Gasteiger partial charge in [0.15, 0.2) is 0 Å². The summed E-state index contributed by atoms with van der Waals surface area (Å²) in [6.45, 7) is 4.60. The first-order valence-corrected chi connectivity index (χ1v) is 8.16. The number of benzene rings is 1. The lowest BCUT2D eigenvalue weighted by Gasteiger charge is -2.05. The van der Waals surface area contributed by atoms with Crippen molar-refractivity contribution in [3.63, 3.8) is 0 Å². The molecule has 0 radical (unpaired) electrons. The van der Waals surface area contributed by atoms with E-state index in [0.717, 1.165) is 19.5 Å². The molecule has 2 nitrogen and oxygen atoms in total. The fourth-order valence-corrected chi connectivity index (χ4v) is 2.96. The SMILES string of the molecule is CCCNCc1ccc(COc2ccc(F)c(Br)c2)s1. The van der Waals surface area contributed by atoms with Crippen LogP contribution >= 0.6 is 27.3 Å². The smallest absolute Gasteiger partial charge is 0.137 e. The van der Waals surface area contributed by atoms with Crippen molar-refractivity contribution in [1.29, 1.82) is 0 Å². The van der Waals surface area contributed by atoms with Crippen molar-refractivity contribution >= 4 is 27.3 Å². The highest BCUT2D eigenvalue weighted by atomic mass is 79.9. The number of ether oxygens (including phenoxy) is 1. The Kier molecular flexibility index (Phi) is 6.01. The third-order valence-electron chi connectivity index (χ3n) is 2.72. The summed E-state index contributed by atoms with van der Waals surface area (Å²) in [7, 11) is 0. The van der Waals surface area contributed by atoms with E-state index in [1.54, 1.807) is 23.5 Å². The van der Waals surface area contributed by atoms with Gasteiger partial charge >= 0.3 is 0 Å². The highest BCUT2D eigenvalue weighted by Crippen LogP contribution is 2.24. The molecular weight excluding hydrogens is 341 g/mol. The zero-order chi connectivity index (χ0) is 14.4. The molecule has 2 aromatic rings. The first kappa shape index (κ1) is 15.5. The molecule has 1 heterocycles. The largest absolute Gasteiger partial charge is 0.488 e. The summed E-state index contributed by atoms with van der Waals surface area (Å²) in [5, 5.41) is 3.37. The molecular formula is C15H17BrFNOS. The lowest BCUT2D eigenvalue weighted by Crippen LogP contribution is -2.12.